The normalized spacial score (nSPS) is 15.3. The highest BCUT2D eigenvalue weighted by atomic mass is 32.1. The molecule has 0 unspecified atom stereocenters. The van der Waals surface area contributed by atoms with E-state index < -0.39 is 0 Å². The Hall–Kier alpha value is -1.42. The number of β-lactam (4-membered cyclic amide) rings is 2. The van der Waals surface area contributed by atoms with Crippen LogP contribution in [0.25, 0.3) is 6.08 Å². The van der Waals surface area contributed by atoms with Gasteiger partial charge in [-0.2, -0.15) is 0 Å². The largest absolute Gasteiger partial charge is 0.288 e. The second-order valence-electron chi connectivity index (χ2n) is 2.81. The van der Waals surface area contributed by atoms with Gasteiger partial charge in [-0.3, -0.25) is 14.9 Å². The Labute approximate surface area is 79.1 Å². The zero-order valence-electron chi connectivity index (χ0n) is 6.96. The number of amides is 2. The lowest BCUT2D eigenvalue weighted by atomic mass is 10.1. The fourth-order valence-corrected chi connectivity index (χ4v) is 1.93. The molecule has 1 aromatic rings. The third-order valence-electron chi connectivity index (χ3n) is 1.89. The minimum atomic E-state index is -0.280. The van der Waals surface area contributed by atoms with Crippen molar-refractivity contribution in [3.05, 3.63) is 27.5 Å². The summed E-state index contributed by atoms with van der Waals surface area (Å²) < 4.78 is 0. The van der Waals surface area contributed by atoms with Crippen molar-refractivity contribution in [1.29, 1.82) is 0 Å². The Kier molecular flexibility index (Phi) is 1.77. The number of imide groups is 1. The quantitative estimate of drug-likeness (QED) is 0.412. The zero-order valence-corrected chi connectivity index (χ0v) is 7.77. The number of nitrogens with one attached hydrogen (secondary N) is 1. The van der Waals surface area contributed by atoms with Gasteiger partial charge in [0.05, 0.1) is 0 Å². The van der Waals surface area contributed by atoms with Crippen molar-refractivity contribution in [2.75, 3.05) is 0 Å². The molecule has 4 heteroatoms. The number of hydrogen-bond acceptors (Lipinski definition) is 3. The molecule has 3 nitrogen and oxygen atoms in total. The molecule has 0 saturated carbocycles. The maximum absolute atomic E-state index is 10.9. The van der Waals surface area contributed by atoms with Crippen LogP contribution in [-0.2, 0) is 9.59 Å². The minimum Gasteiger partial charge on any atom is -0.288 e. The van der Waals surface area contributed by atoms with Gasteiger partial charge in [0.1, 0.15) is 5.57 Å². The van der Waals surface area contributed by atoms with Crippen molar-refractivity contribution in [2.24, 2.45) is 0 Å². The van der Waals surface area contributed by atoms with E-state index >= 15 is 0 Å². The molecule has 0 bridgehead atoms. The summed E-state index contributed by atoms with van der Waals surface area (Å²) in [6, 6.07) is 1.96. The smallest absolute Gasteiger partial charge is 0.263 e. The third-order valence-corrected chi connectivity index (χ3v) is 2.86. The van der Waals surface area contributed by atoms with Crippen LogP contribution in [0.4, 0.5) is 0 Å². The monoisotopic (exact) mass is 193 g/mol. The van der Waals surface area contributed by atoms with E-state index in [2.05, 4.69) is 5.32 Å². The predicted molar refractivity (Wildman–Crippen MR) is 50.2 cm³/mol. The molecule has 1 aromatic heterocycles. The molecule has 0 atom stereocenters. The third kappa shape index (κ3) is 1.29. The summed E-state index contributed by atoms with van der Waals surface area (Å²) in [6.45, 7) is 1.95. The van der Waals surface area contributed by atoms with Crippen LogP contribution in [0, 0.1) is 6.92 Å². The second-order valence-corrected chi connectivity index (χ2v) is 3.76. The molecule has 2 amide bonds. The highest BCUT2D eigenvalue weighted by molar-refractivity contribution is 7.11. The molecule has 2 rings (SSSR count). The lowest BCUT2D eigenvalue weighted by Gasteiger charge is -2.14. The number of carbonyl (C=O) groups excluding carboxylic acids is 2. The van der Waals surface area contributed by atoms with Gasteiger partial charge in [0.25, 0.3) is 11.8 Å². The molecule has 13 heavy (non-hydrogen) atoms. The zero-order chi connectivity index (χ0) is 9.42. The summed E-state index contributed by atoms with van der Waals surface area (Å²) in [5.41, 5.74) is 1.34. The van der Waals surface area contributed by atoms with Gasteiger partial charge in [0, 0.05) is 4.88 Å². The van der Waals surface area contributed by atoms with E-state index in [1.807, 2.05) is 18.4 Å². The molecule has 0 aromatic carbocycles. The summed E-state index contributed by atoms with van der Waals surface area (Å²) in [5, 5.41) is 4.08. The molecule has 66 valence electrons. The molecule has 0 spiro atoms. The predicted octanol–water partition coefficient (Wildman–Crippen LogP) is 1.10. The molecule has 2 heterocycles. The van der Waals surface area contributed by atoms with Gasteiger partial charge in [-0.15, -0.1) is 11.3 Å². The maximum Gasteiger partial charge on any atom is 0.263 e. The van der Waals surface area contributed by atoms with Gasteiger partial charge >= 0.3 is 0 Å². The minimum absolute atomic E-state index is 0.255. The van der Waals surface area contributed by atoms with Gasteiger partial charge in [-0.05, 0) is 30.0 Å². The van der Waals surface area contributed by atoms with Crippen LogP contribution >= 0.6 is 11.3 Å². The number of hydrogen-bond donors (Lipinski definition) is 1. The molecular formula is C9H7NO2S. The van der Waals surface area contributed by atoms with Crippen LogP contribution in [0.5, 0.6) is 0 Å². The Morgan fingerprint density at radius 1 is 1.38 bits per heavy atom. The molecule has 1 aliphatic rings. The van der Waals surface area contributed by atoms with E-state index in [4.69, 9.17) is 0 Å². The number of thiophene rings is 1. The van der Waals surface area contributed by atoms with Gasteiger partial charge in [0.15, 0.2) is 0 Å². The molecule has 1 saturated heterocycles. The number of rotatable bonds is 1. The number of aryl methyl sites for hydroxylation is 1. The van der Waals surface area contributed by atoms with Gasteiger partial charge < -0.3 is 0 Å². The average Bonchev–Trinajstić information content (AvgIpc) is 2.48. The summed E-state index contributed by atoms with van der Waals surface area (Å²) in [6.07, 6.45) is 1.64. The van der Waals surface area contributed by atoms with E-state index in [-0.39, 0.29) is 17.4 Å². The molecular weight excluding hydrogens is 186 g/mol. The molecule has 1 fully saturated rings. The molecule has 1 N–H and O–H groups in total. The van der Waals surface area contributed by atoms with Crippen LogP contribution < -0.4 is 5.32 Å². The lowest BCUT2D eigenvalue weighted by molar-refractivity contribution is -0.134. The van der Waals surface area contributed by atoms with Crippen molar-refractivity contribution < 1.29 is 9.59 Å². The highest BCUT2D eigenvalue weighted by Crippen LogP contribution is 2.21. The number of carbonyl (C=O) groups is 2. The first-order valence-electron chi connectivity index (χ1n) is 3.80. The fourth-order valence-electron chi connectivity index (χ4n) is 1.07. The Morgan fingerprint density at radius 2 is 2.08 bits per heavy atom. The van der Waals surface area contributed by atoms with Crippen molar-refractivity contribution in [2.45, 2.75) is 6.92 Å². The first-order valence-corrected chi connectivity index (χ1v) is 4.68. The van der Waals surface area contributed by atoms with Gasteiger partial charge in [-0.1, -0.05) is 0 Å². The van der Waals surface area contributed by atoms with Crippen molar-refractivity contribution in [3.8, 4) is 0 Å². The first kappa shape index (κ1) is 8.19. The fraction of sp³-hybridized carbons (Fsp3) is 0.111. The van der Waals surface area contributed by atoms with Crippen LogP contribution in [0.15, 0.2) is 17.0 Å². The van der Waals surface area contributed by atoms with E-state index in [0.29, 0.717) is 0 Å². The standard InChI is InChI=1S/C9H7NO2S/c1-5-2-3-13-7(5)4-6-8(11)10-9(6)12/h2-4H,1H3,(H,10,11,12). The molecule has 0 radical (unpaired) electrons. The molecule has 0 aliphatic carbocycles. The van der Waals surface area contributed by atoms with Gasteiger partial charge in [-0.25, -0.2) is 0 Å². The van der Waals surface area contributed by atoms with Crippen LogP contribution in [0.3, 0.4) is 0 Å². The molecule has 1 aliphatic heterocycles. The van der Waals surface area contributed by atoms with Gasteiger partial charge in [0.2, 0.25) is 0 Å². The average molecular weight is 193 g/mol. The summed E-state index contributed by atoms with van der Waals surface area (Å²) in [4.78, 5) is 22.7. The summed E-state index contributed by atoms with van der Waals surface area (Å²) in [5.74, 6) is -0.560. The van der Waals surface area contributed by atoms with E-state index in [1.165, 1.54) is 11.3 Å². The first-order chi connectivity index (χ1) is 6.18. The van der Waals surface area contributed by atoms with E-state index in [9.17, 15) is 9.59 Å². The Morgan fingerprint density at radius 3 is 2.54 bits per heavy atom. The van der Waals surface area contributed by atoms with Crippen molar-refractivity contribution >= 4 is 29.2 Å². The SMILES string of the molecule is Cc1ccsc1C=C1C(=O)NC1=O. The highest BCUT2D eigenvalue weighted by Gasteiger charge is 2.30. The van der Waals surface area contributed by atoms with Crippen LogP contribution in [0.2, 0.25) is 0 Å². The summed E-state index contributed by atoms with van der Waals surface area (Å²) in [7, 11) is 0. The van der Waals surface area contributed by atoms with Crippen molar-refractivity contribution in [1.82, 2.24) is 5.32 Å². The Balaban J connectivity index is 2.35. The maximum atomic E-state index is 10.9. The van der Waals surface area contributed by atoms with Crippen LogP contribution in [0.1, 0.15) is 10.4 Å². The Bertz CT molecular complexity index is 401. The summed E-state index contributed by atoms with van der Waals surface area (Å²) >= 11 is 1.52. The second kappa shape index (κ2) is 2.81. The van der Waals surface area contributed by atoms with Crippen molar-refractivity contribution in [3.63, 3.8) is 0 Å². The van der Waals surface area contributed by atoms with E-state index in [0.717, 1.165) is 10.4 Å². The lowest BCUT2D eigenvalue weighted by Crippen LogP contribution is -2.47. The van der Waals surface area contributed by atoms with E-state index in [1.54, 1.807) is 6.08 Å². The van der Waals surface area contributed by atoms with Crippen LogP contribution in [-0.4, -0.2) is 11.8 Å². The topological polar surface area (TPSA) is 46.2 Å².